The van der Waals surface area contributed by atoms with Gasteiger partial charge >= 0.3 is 0 Å². The summed E-state index contributed by atoms with van der Waals surface area (Å²) < 4.78 is 0. The molecule has 0 aliphatic carbocycles. The van der Waals surface area contributed by atoms with Crippen LogP contribution in [0.4, 0.5) is 0 Å². The standard InChI is InChI=1S/C24H35N3/c1-3-5-7-9-11-19-15-23(25-17-19)21-13-14-22(27-21)24-16-20(18-26-24)12-10-8-6-4-2/h13-18,25-27H,3-12H2,1-2H3. The molecule has 3 aromatic rings. The molecule has 0 atom stereocenters. The molecule has 3 heterocycles. The lowest BCUT2D eigenvalue weighted by Gasteiger charge is -1.97. The van der Waals surface area contributed by atoms with Crippen molar-refractivity contribution in [1.82, 2.24) is 15.0 Å². The Hall–Kier alpha value is -2.16. The van der Waals surface area contributed by atoms with Gasteiger partial charge in [-0.2, -0.15) is 0 Å². The van der Waals surface area contributed by atoms with Crippen molar-refractivity contribution in [3.63, 3.8) is 0 Å². The number of H-pyrrole nitrogens is 3. The van der Waals surface area contributed by atoms with E-state index in [0.717, 1.165) is 11.4 Å². The summed E-state index contributed by atoms with van der Waals surface area (Å²) in [5, 5.41) is 0. The fraction of sp³-hybridized carbons (Fsp3) is 0.500. The maximum absolute atomic E-state index is 3.56. The number of aromatic amines is 3. The molecule has 3 aromatic heterocycles. The summed E-state index contributed by atoms with van der Waals surface area (Å²) in [6.45, 7) is 4.52. The van der Waals surface area contributed by atoms with E-state index in [9.17, 15) is 0 Å². The van der Waals surface area contributed by atoms with Gasteiger partial charge in [-0.1, -0.05) is 52.4 Å². The van der Waals surface area contributed by atoms with Crippen LogP contribution in [0.1, 0.15) is 76.3 Å². The highest BCUT2D eigenvalue weighted by Crippen LogP contribution is 2.25. The van der Waals surface area contributed by atoms with Crippen LogP contribution >= 0.6 is 0 Å². The van der Waals surface area contributed by atoms with E-state index in [0.29, 0.717) is 0 Å². The first-order valence-corrected chi connectivity index (χ1v) is 10.8. The van der Waals surface area contributed by atoms with Crippen molar-refractivity contribution in [3.8, 4) is 22.8 Å². The number of aromatic nitrogens is 3. The first-order valence-electron chi connectivity index (χ1n) is 10.8. The summed E-state index contributed by atoms with van der Waals surface area (Å²) in [6, 6.07) is 8.92. The van der Waals surface area contributed by atoms with Crippen molar-refractivity contribution in [3.05, 3.63) is 47.8 Å². The van der Waals surface area contributed by atoms with Crippen molar-refractivity contribution in [1.29, 1.82) is 0 Å². The molecule has 0 saturated carbocycles. The molecule has 3 heteroatoms. The lowest BCUT2D eigenvalue weighted by Crippen LogP contribution is -1.82. The van der Waals surface area contributed by atoms with E-state index in [1.54, 1.807) is 0 Å². The lowest BCUT2D eigenvalue weighted by molar-refractivity contribution is 0.667. The van der Waals surface area contributed by atoms with E-state index >= 15 is 0 Å². The summed E-state index contributed by atoms with van der Waals surface area (Å²) in [4.78, 5) is 10.4. The second-order valence-corrected chi connectivity index (χ2v) is 7.75. The Kier molecular flexibility index (Phi) is 7.44. The minimum absolute atomic E-state index is 1.16. The van der Waals surface area contributed by atoms with Crippen LogP contribution in [0.5, 0.6) is 0 Å². The largest absolute Gasteiger partial charge is 0.360 e. The lowest BCUT2D eigenvalue weighted by atomic mass is 10.1. The highest BCUT2D eigenvalue weighted by Gasteiger charge is 2.08. The second kappa shape index (κ2) is 10.2. The molecule has 27 heavy (non-hydrogen) atoms. The van der Waals surface area contributed by atoms with E-state index in [-0.39, 0.29) is 0 Å². The number of hydrogen-bond acceptors (Lipinski definition) is 0. The molecule has 0 aromatic carbocycles. The van der Waals surface area contributed by atoms with Crippen LogP contribution in [0, 0.1) is 0 Å². The van der Waals surface area contributed by atoms with Crippen LogP contribution < -0.4 is 0 Å². The van der Waals surface area contributed by atoms with Crippen molar-refractivity contribution in [2.24, 2.45) is 0 Å². The highest BCUT2D eigenvalue weighted by atomic mass is 14.8. The number of hydrogen-bond donors (Lipinski definition) is 3. The quantitative estimate of drug-likeness (QED) is 0.283. The van der Waals surface area contributed by atoms with Crippen LogP contribution in [0.15, 0.2) is 36.7 Å². The van der Waals surface area contributed by atoms with Crippen molar-refractivity contribution < 1.29 is 0 Å². The molecule has 146 valence electrons. The zero-order chi connectivity index (χ0) is 18.9. The van der Waals surface area contributed by atoms with E-state index in [4.69, 9.17) is 0 Å². The number of unbranched alkanes of at least 4 members (excludes halogenated alkanes) is 6. The summed E-state index contributed by atoms with van der Waals surface area (Å²) in [7, 11) is 0. The van der Waals surface area contributed by atoms with Crippen molar-refractivity contribution in [2.45, 2.75) is 78.1 Å². The fourth-order valence-electron chi connectivity index (χ4n) is 3.70. The third-order valence-corrected chi connectivity index (χ3v) is 5.39. The summed E-state index contributed by atoms with van der Waals surface area (Å²) >= 11 is 0. The van der Waals surface area contributed by atoms with Crippen LogP contribution in [0.3, 0.4) is 0 Å². The average molecular weight is 366 g/mol. The average Bonchev–Trinajstić information content (AvgIpc) is 3.42. The number of nitrogens with one attached hydrogen (secondary N) is 3. The molecule has 0 amide bonds. The molecule has 3 nitrogen and oxygen atoms in total. The van der Waals surface area contributed by atoms with Gasteiger partial charge in [0.25, 0.3) is 0 Å². The molecule has 0 aliphatic heterocycles. The Bertz CT molecular complexity index is 725. The van der Waals surface area contributed by atoms with Gasteiger partial charge in [-0.05, 0) is 61.1 Å². The summed E-state index contributed by atoms with van der Waals surface area (Å²) in [5.74, 6) is 0. The molecule has 3 N–H and O–H groups in total. The van der Waals surface area contributed by atoms with Crippen LogP contribution in [-0.4, -0.2) is 15.0 Å². The van der Waals surface area contributed by atoms with E-state index < -0.39 is 0 Å². The topological polar surface area (TPSA) is 47.4 Å². The predicted molar refractivity (Wildman–Crippen MR) is 116 cm³/mol. The second-order valence-electron chi connectivity index (χ2n) is 7.75. The van der Waals surface area contributed by atoms with Crippen LogP contribution in [0.25, 0.3) is 22.8 Å². The van der Waals surface area contributed by atoms with Gasteiger partial charge in [0.2, 0.25) is 0 Å². The molecule has 0 aliphatic rings. The van der Waals surface area contributed by atoms with Crippen molar-refractivity contribution >= 4 is 0 Å². The van der Waals surface area contributed by atoms with E-state index in [1.807, 2.05) is 0 Å². The Morgan fingerprint density at radius 2 is 1.07 bits per heavy atom. The molecule has 3 rings (SSSR count). The van der Waals surface area contributed by atoms with Gasteiger partial charge in [-0.15, -0.1) is 0 Å². The predicted octanol–water partition coefficient (Wildman–Crippen LogP) is 7.25. The Morgan fingerprint density at radius 1 is 0.593 bits per heavy atom. The SMILES string of the molecule is CCCCCCc1c[nH]c(-c2ccc(-c3cc(CCCCCC)c[nH]3)[nH]2)c1. The van der Waals surface area contributed by atoms with Gasteiger partial charge < -0.3 is 15.0 Å². The van der Waals surface area contributed by atoms with Gasteiger partial charge in [-0.3, -0.25) is 0 Å². The molecule has 0 radical (unpaired) electrons. The summed E-state index contributed by atoms with van der Waals surface area (Å²) in [5.41, 5.74) is 7.49. The van der Waals surface area contributed by atoms with E-state index in [2.05, 4.69) is 65.5 Å². The molecule has 0 bridgehead atoms. The third-order valence-electron chi connectivity index (χ3n) is 5.39. The molecule has 0 spiro atoms. The normalized spacial score (nSPS) is 11.3. The minimum Gasteiger partial charge on any atom is -0.360 e. The highest BCUT2D eigenvalue weighted by molar-refractivity contribution is 5.65. The van der Waals surface area contributed by atoms with Gasteiger partial charge in [0.1, 0.15) is 0 Å². The zero-order valence-corrected chi connectivity index (χ0v) is 17.0. The Morgan fingerprint density at radius 3 is 1.52 bits per heavy atom. The number of rotatable bonds is 12. The van der Waals surface area contributed by atoms with Gasteiger partial charge in [-0.25, -0.2) is 0 Å². The minimum atomic E-state index is 1.16. The Labute approximate surface area is 164 Å². The smallest absolute Gasteiger partial charge is 0.0624 e. The Balaban J connectivity index is 1.57. The van der Waals surface area contributed by atoms with Crippen LogP contribution in [0.2, 0.25) is 0 Å². The summed E-state index contributed by atoms with van der Waals surface area (Å²) in [6.07, 6.45) is 17.2. The van der Waals surface area contributed by atoms with Gasteiger partial charge in [0.15, 0.2) is 0 Å². The molecule has 0 unspecified atom stereocenters. The van der Waals surface area contributed by atoms with Gasteiger partial charge in [0, 0.05) is 12.4 Å². The van der Waals surface area contributed by atoms with Gasteiger partial charge in [0.05, 0.1) is 22.8 Å². The molecule has 0 saturated heterocycles. The van der Waals surface area contributed by atoms with E-state index in [1.165, 1.54) is 86.7 Å². The van der Waals surface area contributed by atoms with Crippen molar-refractivity contribution in [2.75, 3.05) is 0 Å². The molecular weight excluding hydrogens is 330 g/mol. The zero-order valence-electron chi connectivity index (χ0n) is 17.0. The number of aryl methyl sites for hydroxylation is 2. The first-order chi connectivity index (χ1) is 13.3. The fourth-order valence-corrected chi connectivity index (χ4v) is 3.70. The molecule has 0 fully saturated rings. The maximum Gasteiger partial charge on any atom is 0.0624 e. The molecular formula is C24H35N3. The maximum atomic E-state index is 3.56. The monoisotopic (exact) mass is 365 g/mol. The first kappa shape index (κ1) is 19.6. The third kappa shape index (κ3) is 5.66. The van der Waals surface area contributed by atoms with Crippen LogP contribution in [-0.2, 0) is 12.8 Å².